The van der Waals surface area contributed by atoms with E-state index in [9.17, 15) is 0 Å². The van der Waals surface area contributed by atoms with Gasteiger partial charge in [0.2, 0.25) is 5.88 Å². The van der Waals surface area contributed by atoms with Gasteiger partial charge in [0, 0.05) is 16.7 Å². The quantitative estimate of drug-likeness (QED) is 0.886. The van der Waals surface area contributed by atoms with E-state index in [1.54, 1.807) is 6.20 Å². The van der Waals surface area contributed by atoms with Crippen LogP contribution in [0.25, 0.3) is 0 Å². The Morgan fingerprint density at radius 2 is 2.00 bits per heavy atom. The molecule has 2 N–H and O–H groups in total. The second kappa shape index (κ2) is 6.31. The summed E-state index contributed by atoms with van der Waals surface area (Å²) in [6, 6.07) is 9.55. The molecule has 0 aliphatic rings. The number of nitrogens with zero attached hydrogens (tertiary/aromatic N) is 1. The number of nitrogens with two attached hydrogens (primary N) is 1. The molecule has 2 rings (SSSR count). The number of hydrogen-bond acceptors (Lipinski definition) is 3. The average Bonchev–Trinajstić information content (AvgIpc) is 2.35. The van der Waals surface area contributed by atoms with E-state index in [1.807, 2.05) is 30.3 Å². The zero-order valence-corrected chi connectivity index (χ0v) is 12.7. The van der Waals surface area contributed by atoms with Crippen LogP contribution in [0.3, 0.4) is 0 Å². The Hall–Kier alpha value is -0.910. The Bertz CT molecular complexity index is 529. The lowest BCUT2D eigenvalue weighted by Gasteiger charge is -2.07. The molecule has 1 aromatic heterocycles. The maximum absolute atomic E-state index is 5.69. The molecule has 0 unspecified atom stereocenters. The van der Waals surface area contributed by atoms with Crippen molar-refractivity contribution in [1.82, 2.24) is 4.98 Å². The van der Waals surface area contributed by atoms with Gasteiger partial charge in [-0.05, 0) is 52.7 Å². The van der Waals surface area contributed by atoms with Crippen LogP contribution < -0.4 is 10.5 Å². The van der Waals surface area contributed by atoms with Gasteiger partial charge >= 0.3 is 0 Å². The minimum Gasteiger partial charge on any atom is -0.438 e. The molecule has 1 heterocycles. The van der Waals surface area contributed by atoms with Crippen molar-refractivity contribution in [3.63, 3.8) is 0 Å². The molecular weight excluding hydrogens is 360 g/mol. The normalized spacial score (nSPS) is 10.4. The first-order valence-electron chi connectivity index (χ1n) is 5.47. The summed E-state index contributed by atoms with van der Waals surface area (Å²) in [5, 5.41) is 0. The zero-order valence-electron chi connectivity index (χ0n) is 9.57. The van der Waals surface area contributed by atoms with Gasteiger partial charge in [0.25, 0.3) is 0 Å². The van der Waals surface area contributed by atoms with Gasteiger partial charge in [0.1, 0.15) is 5.75 Å². The summed E-state index contributed by atoms with van der Waals surface area (Å²) in [5.74, 6) is 1.30. The second-order valence-electron chi connectivity index (χ2n) is 3.72. The molecule has 0 atom stereocenters. The summed E-state index contributed by atoms with van der Waals surface area (Å²) in [6.07, 6.45) is 2.62. The predicted molar refractivity (Wildman–Crippen MR) is 78.9 cm³/mol. The van der Waals surface area contributed by atoms with Gasteiger partial charge in [0.15, 0.2) is 0 Å². The van der Waals surface area contributed by atoms with Crippen LogP contribution >= 0.6 is 31.9 Å². The zero-order chi connectivity index (χ0) is 13.0. The maximum Gasteiger partial charge on any atom is 0.219 e. The first-order valence-corrected chi connectivity index (χ1v) is 7.05. The van der Waals surface area contributed by atoms with Gasteiger partial charge < -0.3 is 10.5 Å². The number of aromatic nitrogens is 1. The van der Waals surface area contributed by atoms with Gasteiger partial charge in [-0.1, -0.05) is 22.0 Å². The molecule has 18 heavy (non-hydrogen) atoms. The summed E-state index contributed by atoms with van der Waals surface area (Å²) < 4.78 is 7.56. The van der Waals surface area contributed by atoms with Crippen molar-refractivity contribution in [2.75, 3.05) is 6.54 Å². The van der Waals surface area contributed by atoms with Crippen LogP contribution in [0.4, 0.5) is 0 Å². The molecule has 0 aliphatic heterocycles. The molecule has 0 amide bonds. The van der Waals surface area contributed by atoms with Crippen molar-refractivity contribution < 1.29 is 4.74 Å². The summed E-state index contributed by atoms with van der Waals surface area (Å²) in [7, 11) is 0. The SMILES string of the molecule is NCCc1ccc(Oc2ccc(Br)cc2Br)nc1. The van der Waals surface area contributed by atoms with Crippen LogP contribution in [0.1, 0.15) is 5.56 Å². The van der Waals surface area contributed by atoms with Crippen LogP contribution in [0, 0.1) is 0 Å². The Morgan fingerprint density at radius 3 is 2.61 bits per heavy atom. The van der Waals surface area contributed by atoms with Crippen LogP contribution in [-0.2, 0) is 6.42 Å². The predicted octanol–water partition coefficient (Wildman–Crippen LogP) is 3.90. The van der Waals surface area contributed by atoms with Crippen LogP contribution in [0.5, 0.6) is 11.6 Å². The highest BCUT2D eigenvalue weighted by atomic mass is 79.9. The summed E-state index contributed by atoms with van der Waals surface area (Å²) in [5.41, 5.74) is 6.60. The molecular formula is C13H12Br2N2O. The van der Waals surface area contributed by atoms with Gasteiger partial charge in [-0.3, -0.25) is 0 Å². The lowest BCUT2D eigenvalue weighted by Crippen LogP contribution is -2.02. The number of rotatable bonds is 4. The number of benzene rings is 1. The van der Waals surface area contributed by atoms with Gasteiger partial charge in [-0.15, -0.1) is 0 Å². The minimum atomic E-state index is 0.568. The van der Waals surface area contributed by atoms with Crippen molar-refractivity contribution in [1.29, 1.82) is 0 Å². The highest BCUT2D eigenvalue weighted by Gasteiger charge is 2.04. The van der Waals surface area contributed by atoms with Crippen molar-refractivity contribution in [2.24, 2.45) is 5.73 Å². The first-order chi connectivity index (χ1) is 8.69. The van der Waals surface area contributed by atoms with E-state index in [-0.39, 0.29) is 0 Å². The molecule has 0 saturated heterocycles. The van der Waals surface area contributed by atoms with Crippen LogP contribution in [0.15, 0.2) is 45.5 Å². The van der Waals surface area contributed by atoms with E-state index in [4.69, 9.17) is 10.5 Å². The van der Waals surface area contributed by atoms with E-state index >= 15 is 0 Å². The molecule has 0 spiro atoms. The Labute approximate surface area is 123 Å². The van der Waals surface area contributed by atoms with Crippen molar-refractivity contribution in [3.8, 4) is 11.6 Å². The van der Waals surface area contributed by atoms with E-state index in [0.717, 1.165) is 26.7 Å². The van der Waals surface area contributed by atoms with Crippen molar-refractivity contribution in [3.05, 3.63) is 51.0 Å². The molecule has 1 aromatic carbocycles. The highest BCUT2D eigenvalue weighted by Crippen LogP contribution is 2.31. The van der Waals surface area contributed by atoms with Crippen molar-refractivity contribution in [2.45, 2.75) is 6.42 Å². The first kappa shape index (κ1) is 13.5. The monoisotopic (exact) mass is 370 g/mol. The standard InChI is InChI=1S/C13H12Br2N2O/c14-10-2-3-12(11(15)7-10)18-13-4-1-9(5-6-16)8-17-13/h1-4,7-8H,5-6,16H2. The largest absolute Gasteiger partial charge is 0.438 e. The van der Waals surface area contributed by atoms with E-state index < -0.39 is 0 Å². The fourth-order valence-corrected chi connectivity index (χ4v) is 2.58. The molecule has 0 aliphatic carbocycles. The van der Waals surface area contributed by atoms with Gasteiger partial charge in [-0.2, -0.15) is 0 Å². The van der Waals surface area contributed by atoms with E-state index in [0.29, 0.717) is 12.4 Å². The molecule has 94 valence electrons. The summed E-state index contributed by atoms with van der Waals surface area (Å²) in [4.78, 5) is 4.25. The average molecular weight is 372 g/mol. The van der Waals surface area contributed by atoms with Crippen LogP contribution in [-0.4, -0.2) is 11.5 Å². The lowest BCUT2D eigenvalue weighted by atomic mass is 10.2. The summed E-state index contributed by atoms with van der Waals surface area (Å²) >= 11 is 6.84. The third kappa shape index (κ3) is 3.54. The molecule has 0 radical (unpaired) electrons. The van der Waals surface area contributed by atoms with E-state index in [2.05, 4.69) is 36.8 Å². The molecule has 3 nitrogen and oxygen atoms in total. The van der Waals surface area contributed by atoms with E-state index in [1.165, 1.54) is 0 Å². The fraction of sp³-hybridized carbons (Fsp3) is 0.154. The van der Waals surface area contributed by atoms with Crippen molar-refractivity contribution >= 4 is 31.9 Å². The minimum absolute atomic E-state index is 0.568. The Kier molecular flexibility index (Phi) is 4.74. The highest BCUT2D eigenvalue weighted by molar-refractivity contribution is 9.11. The third-order valence-electron chi connectivity index (χ3n) is 2.34. The number of hydrogen-bond donors (Lipinski definition) is 1. The lowest BCUT2D eigenvalue weighted by molar-refractivity contribution is 0.459. The smallest absolute Gasteiger partial charge is 0.219 e. The molecule has 5 heteroatoms. The van der Waals surface area contributed by atoms with Gasteiger partial charge in [0.05, 0.1) is 4.47 Å². The molecule has 2 aromatic rings. The van der Waals surface area contributed by atoms with Gasteiger partial charge in [-0.25, -0.2) is 4.98 Å². The molecule has 0 bridgehead atoms. The summed E-state index contributed by atoms with van der Waals surface area (Å²) in [6.45, 7) is 0.625. The number of ether oxygens (including phenoxy) is 1. The maximum atomic E-state index is 5.69. The number of halogens is 2. The topological polar surface area (TPSA) is 48.1 Å². The number of pyridine rings is 1. The fourth-order valence-electron chi connectivity index (χ4n) is 1.46. The molecule has 0 fully saturated rings. The van der Waals surface area contributed by atoms with Crippen LogP contribution in [0.2, 0.25) is 0 Å². The Balaban J connectivity index is 2.13. The second-order valence-corrected chi connectivity index (χ2v) is 5.49. The molecule has 0 saturated carbocycles. The Morgan fingerprint density at radius 1 is 1.17 bits per heavy atom. The third-order valence-corrected chi connectivity index (χ3v) is 3.45.